The number of ether oxygens (including phenoxy) is 2. The average molecular weight is 435 g/mol. The van der Waals surface area contributed by atoms with Crippen LogP contribution in [0.25, 0.3) is 0 Å². The number of hydrogen-bond donors (Lipinski definition) is 0. The van der Waals surface area contributed by atoms with Crippen molar-refractivity contribution in [3.8, 4) is 0 Å². The summed E-state index contributed by atoms with van der Waals surface area (Å²) in [5.41, 5.74) is -2.34. The number of alkyl halides is 3. The molecule has 1 saturated heterocycles. The first kappa shape index (κ1) is 23.3. The minimum atomic E-state index is -4.97. The SMILES string of the molecule is COC(C(=O)OCC1CCCC(C)N1Cc1ccccc1)(c1ccccc1)C(F)(F)F. The van der Waals surface area contributed by atoms with Gasteiger partial charge < -0.3 is 9.47 Å². The third kappa shape index (κ3) is 4.93. The summed E-state index contributed by atoms with van der Waals surface area (Å²) in [6.45, 7) is 2.62. The fourth-order valence-electron chi connectivity index (χ4n) is 4.26. The van der Waals surface area contributed by atoms with E-state index in [0.29, 0.717) is 6.54 Å². The molecule has 168 valence electrons. The first-order chi connectivity index (χ1) is 14.8. The van der Waals surface area contributed by atoms with Crippen molar-refractivity contribution in [2.45, 2.75) is 56.6 Å². The Bertz CT molecular complexity index is 844. The number of methoxy groups -OCH3 is 1. The van der Waals surface area contributed by atoms with Gasteiger partial charge in [0.05, 0.1) is 0 Å². The summed E-state index contributed by atoms with van der Waals surface area (Å²) in [6.07, 6.45) is -2.29. The highest BCUT2D eigenvalue weighted by Gasteiger charge is 2.64. The highest BCUT2D eigenvalue weighted by molar-refractivity contribution is 5.82. The molecule has 1 fully saturated rings. The summed E-state index contributed by atoms with van der Waals surface area (Å²) in [5.74, 6) is -1.44. The maximum Gasteiger partial charge on any atom is 0.432 e. The zero-order valence-electron chi connectivity index (χ0n) is 17.8. The van der Waals surface area contributed by atoms with Gasteiger partial charge in [-0.25, -0.2) is 4.79 Å². The fraction of sp³-hybridized carbons (Fsp3) is 0.458. The molecular formula is C24H28F3NO3. The van der Waals surface area contributed by atoms with E-state index in [1.54, 1.807) is 6.07 Å². The largest absolute Gasteiger partial charge is 0.461 e. The molecule has 0 aromatic heterocycles. The van der Waals surface area contributed by atoms with Gasteiger partial charge in [-0.2, -0.15) is 13.2 Å². The van der Waals surface area contributed by atoms with Gasteiger partial charge >= 0.3 is 12.1 Å². The van der Waals surface area contributed by atoms with E-state index in [0.717, 1.165) is 31.9 Å². The summed E-state index contributed by atoms with van der Waals surface area (Å²) in [6, 6.07) is 16.9. The molecule has 0 spiro atoms. The van der Waals surface area contributed by atoms with Gasteiger partial charge in [0, 0.05) is 31.3 Å². The minimum Gasteiger partial charge on any atom is -0.461 e. The van der Waals surface area contributed by atoms with Gasteiger partial charge in [-0.15, -0.1) is 0 Å². The Morgan fingerprint density at radius 3 is 2.23 bits per heavy atom. The number of benzene rings is 2. The van der Waals surface area contributed by atoms with Gasteiger partial charge in [-0.1, -0.05) is 67.1 Å². The van der Waals surface area contributed by atoms with Crippen LogP contribution in [0.4, 0.5) is 13.2 Å². The summed E-state index contributed by atoms with van der Waals surface area (Å²) in [5, 5.41) is 0. The second-order valence-electron chi connectivity index (χ2n) is 7.94. The van der Waals surface area contributed by atoms with E-state index in [-0.39, 0.29) is 24.3 Å². The topological polar surface area (TPSA) is 38.8 Å². The van der Waals surface area contributed by atoms with Crippen LogP contribution in [-0.2, 0) is 26.4 Å². The van der Waals surface area contributed by atoms with Crippen molar-refractivity contribution >= 4 is 5.97 Å². The number of carbonyl (C=O) groups excluding carboxylic acids is 1. The van der Waals surface area contributed by atoms with E-state index in [9.17, 15) is 18.0 Å². The predicted octanol–water partition coefficient (Wildman–Crippen LogP) is 5.08. The maximum atomic E-state index is 14.1. The second kappa shape index (κ2) is 9.83. The fourth-order valence-corrected chi connectivity index (χ4v) is 4.26. The van der Waals surface area contributed by atoms with Crippen molar-refractivity contribution in [1.29, 1.82) is 0 Å². The van der Waals surface area contributed by atoms with Crippen LogP contribution in [0.1, 0.15) is 37.3 Å². The van der Waals surface area contributed by atoms with Gasteiger partial charge in [0.1, 0.15) is 6.61 Å². The zero-order chi connectivity index (χ0) is 22.5. The Balaban J connectivity index is 1.79. The summed E-state index contributed by atoms with van der Waals surface area (Å²) in [4.78, 5) is 15.1. The van der Waals surface area contributed by atoms with Gasteiger partial charge in [-0.3, -0.25) is 4.90 Å². The van der Waals surface area contributed by atoms with Crippen LogP contribution in [0.5, 0.6) is 0 Å². The number of likely N-dealkylation sites (tertiary alicyclic amines) is 1. The van der Waals surface area contributed by atoms with Gasteiger partial charge in [0.15, 0.2) is 0 Å². The van der Waals surface area contributed by atoms with Crippen molar-refractivity contribution < 1.29 is 27.4 Å². The van der Waals surface area contributed by atoms with Crippen molar-refractivity contribution in [2.24, 2.45) is 0 Å². The third-order valence-corrected chi connectivity index (χ3v) is 5.98. The van der Waals surface area contributed by atoms with E-state index in [1.807, 2.05) is 30.3 Å². The highest BCUT2D eigenvalue weighted by atomic mass is 19.4. The highest BCUT2D eigenvalue weighted by Crippen LogP contribution is 2.43. The molecule has 0 aliphatic carbocycles. The molecule has 0 bridgehead atoms. The van der Waals surface area contributed by atoms with Gasteiger partial charge in [0.2, 0.25) is 0 Å². The molecule has 2 aromatic carbocycles. The summed E-state index contributed by atoms with van der Waals surface area (Å²) < 4.78 is 52.3. The Hall–Kier alpha value is -2.38. The lowest BCUT2D eigenvalue weighted by Gasteiger charge is -2.41. The Kier molecular flexibility index (Phi) is 7.38. The molecule has 0 saturated carbocycles. The Labute approximate surface area is 181 Å². The molecule has 1 heterocycles. The number of rotatable bonds is 7. The monoisotopic (exact) mass is 435 g/mol. The molecule has 7 heteroatoms. The lowest BCUT2D eigenvalue weighted by Crippen LogP contribution is -2.53. The van der Waals surface area contributed by atoms with E-state index in [4.69, 9.17) is 9.47 Å². The van der Waals surface area contributed by atoms with Crippen LogP contribution in [-0.4, -0.2) is 42.8 Å². The lowest BCUT2D eigenvalue weighted by molar-refractivity contribution is -0.277. The van der Waals surface area contributed by atoms with Crippen molar-refractivity contribution in [2.75, 3.05) is 13.7 Å². The van der Waals surface area contributed by atoms with Crippen LogP contribution in [0.2, 0.25) is 0 Å². The molecule has 0 radical (unpaired) electrons. The number of esters is 1. The van der Waals surface area contributed by atoms with Crippen LogP contribution in [0.3, 0.4) is 0 Å². The molecule has 4 nitrogen and oxygen atoms in total. The molecule has 2 aromatic rings. The van der Waals surface area contributed by atoms with Crippen molar-refractivity contribution in [1.82, 2.24) is 4.90 Å². The molecule has 0 N–H and O–H groups in total. The van der Waals surface area contributed by atoms with E-state index in [2.05, 4.69) is 11.8 Å². The number of carbonyl (C=O) groups is 1. The minimum absolute atomic E-state index is 0.121. The molecule has 0 amide bonds. The van der Waals surface area contributed by atoms with Crippen molar-refractivity contribution in [3.63, 3.8) is 0 Å². The normalized spacial score (nSPS) is 22.0. The maximum absolute atomic E-state index is 14.1. The number of halogens is 3. The quantitative estimate of drug-likeness (QED) is 0.569. The number of nitrogens with zero attached hydrogens (tertiary/aromatic N) is 1. The zero-order valence-corrected chi connectivity index (χ0v) is 17.8. The number of hydrogen-bond acceptors (Lipinski definition) is 4. The Morgan fingerprint density at radius 1 is 1.03 bits per heavy atom. The first-order valence-corrected chi connectivity index (χ1v) is 10.4. The molecule has 3 atom stereocenters. The van der Waals surface area contributed by atoms with E-state index >= 15 is 0 Å². The van der Waals surface area contributed by atoms with E-state index < -0.39 is 17.7 Å². The smallest absolute Gasteiger partial charge is 0.432 e. The van der Waals surface area contributed by atoms with Crippen LogP contribution < -0.4 is 0 Å². The molecule has 31 heavy (non-hydrogen) atoms. The summed E-state index contributed by atoms with van der Waals surface area (Å²) >= 11 is 0. The predicted molar refractivity (Wildman–Crippen MR) is 111 cm³/mol. The lowest BCUT2D eigenvalue weighted by atomic mass is 9.92. The molecule has 1 aliphatic rings. The van der Waals surface area contributed by atoms with Crippen molar-refractivity contribution in [3.05, 3.63) is 71.8 Å². The van der Waals surface area contributed by atoms with Crippen LogP contribution in [0, 0.1) is 0 Å². The van der Waals surface area contributed by atoms with Crippen LogP contribution in [0.15, 0.2) is 60.7 Å². The standard InChI is InChI=1S/C24H28F3NO3/c1-18-10-9-15-21(28(18)16-19-11-5-3-6-12-19)17-31-22(29)23(30-2,24(25,26)27)20-13-7-4-8-14-20/h3-8,11-14,18,21H,9-10,15-17H2,1-2H3. The second-order valence-corrected chi connectivity index (χ2v) is 7.94. The Morgan fingerprint density at radius 2 is 1.65 bits per heavy atom. The average Bonchev–Trinajstić information content (AvgIpc) is 2.75. The first-order valence-electron chi connectivity index (χ1n) is 10.4. The third-order valence-electron chi connectivity index (χ3n) is 5.98. The molecular weight excluding hydrogens is 407 g/mol. The molecule has 1 aliphatic heterocycles. The molecule has 3 rings (SSSR count). The van der Waals surface area contributed by atoms with Crippen LogP contribution >= 0.6 is 0 Å². The van der Waals surface area contributed by atoms with E-state index in [1.165, 1.54) is 24.3 Å². The van der Waals surface area contributed by atoms with Gasteiger partial charge in [-0.05, 0) is 25.3 Å². The molecule has 3 unspecified atom stereocenters. The summed E-state index contributed by atoms with van der Waals surface area (Å²) in [7, 11) is 0.881. The number of piperidine rings is 1. The van der Waals surface area contributed by atoms with Gasteiger partial charge in [0.25, 0.3) is 5.60 Å².